The minimum Gasteiger partial charge on any atom is -0.457 e. The summed E-state index contributed by atoms with van der Waals surface area (Å²) in [6, 6.07) is 12.8. The van der Waals surface area contributed by atoms with Gasteiger partial charge in [0, 0.05) is 6.04 Å². The molecule has 20 heavy (non-hydrogen) atoms. The Labute approximate surface area is 119 Å². The van der Waals surface area contributed by atoms with Crippen LogP contribution < -0.4 is 10.1 Å². The summed E-state index contributed by atoms with van der Waals surface area (Å²) in [7, 11) is 0. The Hall–Kier alpha value is -1.87. The van der Waals surface area contributed by atoms with Gasteiger partial charge >= 0.3 is 0 Å². The molecule has 2 aromatic carbocycles. The van der Waals surface area contributed by atoms with Crippen molar-refractivity contribution in [2.75, 3.05) is 6.54 Å². The third-order valence-electron chi connectivity index (χ3n) is 3.23. The summed E-state index contributed by atoms with van der Waals surface area (Å²) in [5, 5.41) is 3.37. The monoisotopic (exact) mass is 273 g/mol. The van der Waals surface area contributed by atoms with Crippen LogP contribution in [0.25, 0.3) is 0 Å². The fourth-order valence-electron chi connectivity index (χ4n) is 2.13. The molecule has 106 valence electrons. The molecule has 0 fully saturated rings. The van der Waals surface area contributed by atoms with E-state index in [2.05, 4.69) is 25.2 Å². The number of hydrogen-bond acceptors (Lipinski definition) is 2. The van der Waals surface area contributed by atoms with Gasteiger partial charge in [0.05, 0.1) is 0 Å². The maximum Gasteiger partial charge on any atom is 0.130 e. The normalized spacial score (nSPS) is 12.2. The SMILES string of the molecule is CCNC(C)c1cccc(Oc2ccc(F)cc2C)c1. The lowest BCUT2D eigenvalue weighted by Crippen LogP contribution is -2.17. The van der Waals surface area contributed by atoms with E-state index in [1.807, 2.05) is 25.1 Å². The van der Waals surface area contributed by atoms with Gasteiger partial charge in [-0.25, -0.2) is 4.39 Å². The van der Waals surface area contributed by atoms with Crippen LogP contribution in [0.4, 0.5) is 4.39 Å². The van der Waals surface area contributed by atoms with E-state index in [9.17, 15) is 4.39 Å². The lowest BCUT2D eigenvalue weighted by atomic mass is 10.1. The molecule has 0 bridgehead atoms. The molecule has 0 amide bonds. The van der Waals surface area contributed by atoms with Crippen LogP contribution in [0.15, 0.2) is 42.5 Å². The van der Waals surface area contributed by atoms with Crippen LogP contribution in [-0.2, 0) is 0 Å². The molecular formula is C17H20FNO. The second-order valence-electron chi connectivity index (χ2n) is 4.86. The van der Waals surface area contributed by atoms with Gasteiger partial charge in [0.15, 0.2) is 0 Å². The molecule has 3 heteroatoms. The fraction of sp³-hybridized carbons (Fsp3) is 0.294. The zero-order valence-electron chi connectivity index (χ0n) is 12.1. The highest BCUT2D eigenvalue weighted by Crippen LogP contribution is 2.27. The minimum absolute atomic E-state index is 0.246. The number of halogens is 1. The van der Waals surface area contributed by atoms with Crippen molar-refractivity contribution < 1.29 is 9.13 Å². The molecule has 2 rings (SSSR count). The Kier molecular flexibility index (Phi) is 4.74. The van der Waals surface area contributed by atoms with Gasteiger partial charge in [-0.05, 0) is 61.9 Å². The van der Waals surface area contributed by atoms with Crippen molar-refractivity contribution >= 4 is 0 Å². The van der Waals surface area contributed by atoms with Crippen molar-refractivity contribution in [3.05, 3.63) is 59.4 Å². The molecule has 0 heterocycles. The molecule has 0 aliphatic rings. The second kappa shape index (κ2) is 6.53. The number of hydrogen-bond donors (Lipinski definition) is 1. The van der Waals surface area contributed by atoms with Gasteiger partial charge < -0.3 is 10.1 Å². The number of rotatable bonds is 5. The van der Waals surface area contributed by atoms with Crippen LogP contribution in [0.5, 0.6) is 11.5 Å². The summed E-state index contributed by atoms with van der Waals surface area (Å²) in [4.78, 5) is 0. The van der Waals surface area contributed by atoms with Crippen molar-refractivity contribution in [3.8, 4) is 11.5 Å². The quantitative estimate of drug-likeness (QED) is 0.859. The average Bonchev–Trinajstić information content (AvgIpc) is 2.43. The average molecular weight is 273 g/mol. The Morgan fingerprint density at radius 2 is 2.00 bits per heavy atom. The maximum absolute atomic E-state index is 13.1. The molecule has 0 saturated heterocycles. The van der Waals surface area contributed by atoms with Crippen LogP contribution in [0.1, 0.15) is 31.0 Å². The Morgan fingerprint density at radius 3 is 2.70 bits per heavy atom. The minimum atomic E-state index is -0.246. The molecule has 0 spiro atoms. The lowest BCUT2D eigenvalue weighted by Gasteiger charge is -2.15. The van der Waals surface area contributed by atoms with Crippen LogP contribution in [0, 0.1) is 12.7 Å². The van der Waals surface area contributed by atoms with Gasteiger partial charge in [-0.1, -0.05) is 19.1 Å². The van der Waals surface area contributed by atoms with Crippen molar-refractivity contribution in [2.24, 2.45) is 0 Å². The van der Waals surface area contributed by atoms with Gasteiger partial charge in [-0.3, -0.25) is 0 Å². The Morgan fingerprint density at radius 1 is 1.20 bits per heavy atom. The topological polar surface area (TPSA) is 21.3 Å². The van der Waals surface area contributed by atoms with E-state index < -0.39 is 0 Å². The van der Waals surface area contributed by atoms with Crippen LogP contribution in [0.2, 0.25) is 0 Å². The fourth-order valence-corrected chi connectivity index (χ4v) is 2.13. The van der Waals surface area contributed by atoms with E-state index in [-0.39, 0.29) is 11.9 Å². The van der Waals surface area contributed by atoms with Crippen molar-refractivity contribution in [1.29, 1.82) is 0 Å². The number of benzene rings is 2. The van der Waals surface area contributed by atoms with Gasteiger partial charge in [0.2, 0.25) is 0 Å². The first-order chi connectivity index (χ1) is 9.60. The Bertz CT molecular complexity index is 583. The van der Waals surface area contributed by atoms with Crippen molar-refractivity contribution in [3.63, 3.8) is 0 Å². The van der Waals surface area contributed by atoms with Crippen LogP contribution in [0.3, 0.4) is 0 Å². The number of ether oxygens (including phenoxy) is 1. The van der Waals surface area contributed by atoms with E-state index in [0.29, 0.717) is 5.75 Å². The van der Waals surface area contributed by atoms with Crippen molar-refractivity contribution in [2.45, 2.75) is 26.8 Å². The summed E-state index contributed by atoms with van der Waals surface area (Å²) in [5.74, 6) is 1.20. The number of aryl methyl sites for hydroxylation is 1. The first kappa shape index (κ1) is 14.5. The zero-order chi connectivity index (χ0) is 14.5. The summed E-state index contributed by atoms with van der Waals surface area (Å²) >= 11 is 0. The standard InChI is InChI=1S/C17H20FNO/c1-4-19-13(3)14-6-5-7-16(11-14)20-17-9-8-15(18)10-12(17)2/h5-11,13,19H,4H2,1-3H3. The summed E-state index contributed by atoms with van der Waals surface area (Å²) in [5.41, 5.74) is 1.96. The third kappa shape index (κ3) is 3.58. The molecule has 1 N–H and O–H groups in total. The summed E-state index contributed by atoms with van der Waals surface area (Å²) < 4.78 is 18.9. The predicted molar refractivity (Wildman–Crippen MR) is 79.7 cm³/mol. The highest BCUT2D eigenvalue weighted by molar-refractivity contribution is 5.39. The van der Waals surface area contributed by atoms with Gasteiger partial charge in [-0.2, -0.15) is 0 Å². The van der Waals surface area contributed by atoms with Crippen molar-refractivity contribution in [1.82, 2.24) is 5.32 Å². The Balaban J connectivity index is 2.19. The number of nitrogens with one attached hydrogen (secondary N) is 1. The highest BCUT2D eigenvalue weighted by Gasteiger charge is 2.07. The lowest BCUT2D eigenvalue weighted by molar-refractivity contribution is 0.474. The second-order valence-corrected chi connectivity index (χ2v) is 4.86. The van der Waals surface area contributed by atoms with Gasteiger partial charge in [-0.15, -0.1) is 0 Å². The molecular weight excluding hydrogens is 253 g/mol. The smallest absolute Gasteiger partial charge is 0.130 e. The highest BCUT2D eigenvalue weighted by atomic mass is 19.1. The largest absolute Gasteiger partial charge is 0.457 e. The summed E-state index contributed by atoms with van der Waals surface area (Å²) in [6.45, 7) is 6.96. The third-order valence-corrected chi connectivity index (χ3v) is 3.23. The first-order valence-electron chi connectivity index (χ1n) is 6.87. The maximum atomic E-state index is 13.1. The molecule has 2 aromatic rings. The first-order valence-corrected chi connectivity index (χ1v) is 6.87. The molecule has 0 saturated carbocycles. The molecule has 0 aliphatic heterocycles. The predicted octanol–water partition coefficient (Wildman–Crippen LogP) is 4.60. The van der Waals surface area contributed by atoms with Gasteiger partial charge in [0.25, 0.3) is 0 Å². The van der Waals surface area contributed by atoms with E-state index in [4.69, 9.17) is 4.74 Å². The van der Waals surface area contributed by atoms with Gasteiger partial charge in [0.1, 0.15) is 17.3 Å². The van der Waals surface area contributed by atoms with Crippen LogP contribution >= 0.6 is 0 Å². The zero-order valence-corrected chi connectivity index (χ0v) is 12.1. The van der Waals surface area contributed by atoms with E-state index in [1.165, 1.54) is 17.7 Å². The molecule has 0 aromatic heterocycles. The molecule has 0 radical (unpaired) electrons. The van der Waals surface area contributed by atoms with E-state index >= 15 is 0 Å². The summed E-state index contributed by atoms with van der Waals surface area (Å²) in [6.07, 6.45) is 0. The molecule has 1 unspecified atom stereocenters. The van der Waals surface area contributed by atoms with E-state index in [0.717, 1.165) is 17.9 Å². The molecule has 1 atom stereocenters. The van der Waals surface area contributed by atoms with E-state index in [1.54, 1.807) is 6.07 Å². The molecule has 2 nitrogen and oxygen atoms in total. The van der Waals surface area contributed by atoms with Crippen LogP contribution in [-0.4, -0.2) is 6.54 Å². The molecule has 0 aliphatic carbocycles.